The van der Waals surface area contributed by atoms with Gasteiger partial charge in [0.05, 0.1) is 25.8 Å². The van der Waals surface area contributed by atoms with Crippen molar-refractivity contribution in [3.63, 3.8) is 0 Å². The smallest absolute Gasteiger partial charge is 0.328 e. The molecule has 0 radical (unpaired) electrons. The van der Waals surface area contributed by atoms with Crippen LogP contribution in [0.1, 0.15) is 6.92 Å². The molecule has 2 aromatic heterocycles. The van der Waals surface area contributed by atoms with Crippen molar-refractivity contribution < 1.29 is 28.1 Å². The van der Waals surface area contributed by atoms with Crippen LogP contribution in [0.15, 0.2) is 54.6 Å². The van der Waals surface area contributed by atoms with Gasteiger partial charge in [-0.25, -0.2) is 4.39 Å². The highest BCUT2D eigenvalue weighted by Gasteiger charge is 2.19. The maximum absolute atomic E-state index is 13.1. The van der Waals surface area contributed by atoms with Gasteiger partial charge in [0, 0.05) is 0 Å². The Morgan fingerprint density at radius 3 is 2.37 bits per heavy atom. The first-order chi connectivity index (χ1) is 16.9. The van der Waals surface area contributed by atoms with E-state index in [2.05, 4.69) is 25.5 Å². The second-order valence-corrected chi connectivity index (χ2v) is 7.93. The number of anilines is 1. The van der Waals surface area contributed by atoms with Gasteiger partial charge in [0.2, 0.25) is 16.9 Å². The lowest BCUT2D eigenvalue weighted by atomic mass is 10.2. The average molecular weight is 498 g/mol. The number of amides is 1. The fraction of sp³-hybridized carbons (Fsp3) is 0.174. The number of rotatable bonds is 9. The molecule has 0 saturated heterocycles. The van der Waals surface area contributed by atoms with Crippen LogP contribution in [-0.2, 0) is 4.79 Å². The zero-order chi connectivity index (χ0) is 24.8. The molecule has 4 rings (SSSR count). The van der Waals surface area contributed by atoms with Gasteiger partial charge in [0.1, 0.15) is 17.3 Å². The Morgan fingerprint density at radius 2 is 1.69 bits per heavy atom. The molecule has 12 heteroatoms. The van der Waals surface area contributed by atoms with E-state index in [-0.39, 0.29) is 22.9 Å². The highest BCUT2D eigenvalue weighted by atomic mass is 32.1. The zero-order valence-corrected chi connectivity index (χ0v) is 19.7. The summed E-state index contributed by atoms with van der Waals surface area (Å²) < 4.78 is 34.8. The zero-order valence-electron chi connectivity index (χ0n) is 18.9. The molecule has 0 spiro atoms. The molecule has 0 aliphatic rings. The summed E-state index contributed by atoms with van der Waals surface area (Å²) in [6.07, 6.45) is -0.844. The minimum atomic E-state index is -0.844. The van der Waals surface area contributed by atoms with Crippen molar-refractivity contribution in [3.8, 4) is 39.8 Å². The van der Waals surface area contributed by atoms with Crippen LogP contribution in [0.5, 0.6) is 29.3 Å². The average Bonchev–Trinajstić information content (AvgIpc) is 3.33. The number of ether oxygens (including phenoxy) is 4. The summed E-state index contributed by atoms with van der Waals surface area (Å²) in [5.74, 6) is 0.527. The van der Waals surface area contributed by atoms with Crippen molar-refractivity contribution in [2.75, 3.05) is 19.5 Å². The van der Waals surface area contributed by atoms with E-state index in [4.69, 9.17) is 18.9 Å². The van der Waals surface area contributed by atoms with E-state index in [1.807, 2.05) is 6.07 Å². The predicted octanol–water partition coefficient (Wildman–Crippen LogP) is 4.35. The van der Waals surface area contributed by atoms with Crippen LogP contribution in [0.4, 0.5) is 9.52 Å². The fourth-order valence-electron chi connectivity index (χ4n) is 2.83. The number of nitrogens with one attached hydrogen (secondary N) is 1. The Morgan fingerprint density at radius 1 is 1.00 bits per heavy atom. The Bertz CT molecular complexity index is 1300. The Balaban J connectivity index is 1.48. The summed E-state index contributed by atoms with van der Waals surface area (Å²) in [7, 11) is 2.95. The van der Waals surface area contributed by atoms with Crippen molar-refractivity contribution in [1.82, 2.24) is 20.2 Å². The quantitative estimate of drug-likeness (QED) is 0.360. The van der Waals surface area contributed by atoms with Crippen molar-refractivity contribution >= 4 is 22.4 Å². The first kappa shape index (κ1) is 23.8. The molecular weight excluding hydrogens is 477 g/mol. The fourth-order valence-corrected chi connectivity index (χ4v) is 3.61. The number of hydrogen-bond acceptors (Lipinski definition) is 10. The van der Waals surface area contributed by atoms with Crippen molar-refractivity contribution in [2.24, 2.45) is 0 Å². The van der Waals surface area contributed by atoms with E-state index < -0.39 is 17.8 Å². The maximum atomic E-state index is 13.1. The van der Waals surface area contributed by atoms with Crippen LogP contribution in [0.25, 0.3) is 10.6 Å². The number of para-hydroxylation sites is 1. The van der Waals surface area contributed by atoms with Crippen molar-refractivity contribution in [2.45, 2.75) is 13.0 Å². The van der Waals surface area contributed by atoms with Gasteiger partial charge in [0.25, 0.3) is 5.91 Å². The first-order valence-electron chi connectivity index (χ1n) is 10.3. The normalized spacial score (nSPS) is 11.4. The van der Waals surface area contributed by atoms with Gasteiger partial charge in [-0.1, -0.05) is 23.5 Å². The summed E-state index contributed by atoms with van der Waals surface area (Å²) in [5.41, 5.74) is 0.617. The molecule has 180 valence electrons. The second kappa shape index (κ2) is 10.7. The van der Waals surface area contributed by atoms with E-state index in [1.165, 1.54) is 44.6 Å². The highest BCUT2D eigenvalue weighted by Crippen LogP contribution is 2.36. The van der Waals surface area contributed by atoms with Crippen molar-refractivity contribution in [3.05, 3.63) is 60.4 Å². The number of hydrogen-bond donors (Lipinski definition) is 1. The monoisotopic (exact) mass is 497 g/mol. The summed E-state index contributed by atoms with van der Waals surface area (Å²) in [6, 6.07) is 14.1. The number of halogens is 1. The van der Waals surface area contributed by atoms with Crippen LogP contribution < -0.4 is 24.3 Å². The van der Waals surface area contributed by atoms with Gasteiger partial charge in [-0.05, 0) is 43.3 Å². The van der Waals surface area contributed by atoms with Gasteiger partial charge in [-0.3, -0.25) is 10.1 Å². The van der Waals surface area contributed by atoms with Crippen LogP contribution in [0.3, 0.4) is 0 Å². The van der Waals surface area contributed by atoms with Crippen molar-refractivity contribution in [1.29, 1.82) is 0 Å². The predicted molar refractivity (Wildman–Crippen MR) is 126 cm³/mol. The Labute approximate surface area is 203 Å². The minimum Gasteiger partial charge on any atom is -0.481 e. The lowest BCUT2D eigenvalue weighted by Gasteiger charge is -2.13. The number of methoxy groups -OCH3 is 2. The molecule has 2 heterocycles. The molecule has 0 saturated carbocycles. The van der Waals surface area contributed by atoms with Gasteiger partial charge < -0.3 is 18.9 Å². The molecule has 0 aliphatic heterocycles. The molecule has 4 aromatic rings. The minimum absolute atomic E-state index is 0.0264. The third-order valence-electron chi connectivity index (χ3n) is 4.55. The molecule has 1 atom stereocenters. The summed E-state index contributed by atoms with van der Waals surface area (Å²) >= 11 is 1.15. The van der Waals surface area contributed by atoms with E-state index in [0.29, 0.717) is 22.1 Å². The number of aromatic nitrogens is 4. The number of carbonyl (C=O) groups is 1. The van der Waals surface area contributed by atoms with Crippen LogP contribution in [0.2, 0.25) is 0 Å². The molecule has 1 N–H and O–H groups in total. The number of carbonyl (C=O) groups excluding carboxylic acids is 1. The SMILES string of the molecule is COc1cc(OC)nc(Oc2ccccc2-c2nnc(NC(=O)C(C)Oc3ccc(F)cc3)s2)n1. The molecule has 2 aromatic carbocycles. The number of nitrogens with zero attached hydrogens (tertiary/aromatic N) is 4. The lowest BCUT2D eigenvalue weighted by Crippen LogP contribution is -2.30. The molecule has 0 bridgehead atoms. The second-order valence-electron chi connectivity index (χ2n) is 6.95. The Hall–Kier alpha value is -4.32. The van der Waals surface area contributed by atoms with Crippen LogP contribution in [-0.4, -0.2) is 46.4 Å². The van der Waals surface area contributed by atoms with Gasteiger partial charge in [-0.2, -0.15) is 9.97 Å². The maximum Gasteiger partial charge on any atom is 0.328 e. The largest absolute Gasteiger partial charge is 0.481 e. The van der Waals surface area contributed by atoms with E-state index in [0.717, 1.165) is 11.3 Å². The molecule has 0 fully saturated rings. The summed E-state index contributed by atoms with van der Waals surface area (Å²) in [4.78, 5) is 20.9. The molecule has 10 nitrogen and oxygen atoms in total. The first-order valence-corrected chi connectivity index (χ1v) is 11.1. The van der Waals surface area contributed by atoms with Crippen LogP contribution in [0, 0.1) is 5.82 Å². The molecule has 0 aliphatic carbocycles. The van der Waals surface area contributed by atoms with E-state index >= 15 is 0 Å². The molecular formula is C23H20FN5O5S. The van der Waals surface area contributed by atoms with Crippen LogP contribution >= 0.6 is 11.3 Å². The highest BCUT2D eigenvalue weighted by molar-refractivity contribution is 7.18. The van der Waals surface area contributed by atoms with Gasteiger partial charge in [0.15, 0.2) is 11.1 Å². The standard InChI is InChI=1S/C23H20FN5O5S/c1-13(33-15-10-8-14(24)9-11-15)20(30)27-23-29-28-21(35-23)16-6-4-5-7-17(16)34-22-25-18(31-2)12-19(26-22)32-3/h4-13H,1-3H3,(H,27,29,30). The molecule has 35 heavy (non-hydrogen) atoms. The van der Waals surface area contributed by atoms with E-state index in [1.54, 1.807) is 25.1 Å². The molecule has 1 unspecified atom stereocenters. The summed E-state index contributed by atoms with van der Waals surface area (Å²) in [6.45, 7) is 1.58. The van der Waals surface area contributed by atoms with Gasteiger partial charge in [-0.15, -0.1) is 10.2 Å². The van der Waals surface area contributed by atoms with E-state index in [9.17, 15) is 9.18 Å². The third-order valence-corrected chi connectivity index (χ3v) is 5.42. The lowest BCUT2D eigenvalue weighted by molar-refractivity contribution is -0.122. The number of benzene rings is 2. The van der Waals surface area contributed by atoms with Gasteiger partial charge >= 0.3 is 6.01 Å². The summed E-state index contributed by atoms with van der Waals surface area (Å²) in [5, 5.41) is 11.6. The Kier molecular flexibility index (Phi) is 7.31. The molecule has 1 amide bonds. The third kappa shape index (κ3) is 5.98. The topological polar surface area (TPSA) is 118 Å².